The largest absolute Gasteiger partial charge is 0.490 e. The number of rotatable bonds is 6. The molecule has 0 aliphatic heterocycles. The lowest BCUT2D eigenvalue weighted by Crippen LogP contribution is -2.26. The number of methoxy groups -OCH3 is 1. The van der Waals surface area contributed by atoms with E-state index in [0.29, 0.717) is 12.1 Å². The van der Waals surface area contributed by atoms with Crippen molar-refractivity contribution in [3.05, 3.63) is 69.3 Å². The van der Waals surface area contributed by atoms with Gasteiger partial charge in [-0.3, -0.25) is 19.7 Å². The molecule has 2 rings (SSSR count). The van der Waals surface area contributed by atoms with Crippen molar-refractivity contribution in [2.45, 2.75) is 6.54 Å². The van der Waals surface area contributed by atoms with Crippen LogP contribution in [0.4, 0.5) is 5.69 Å². The van der Waals surface area contributed by atoms with Gasteiger partial charge in [0.1, 0.15) is 0 Å². The Kier molecular flexibility index (Phi) is 5.90. The monoisotopic (exact) mass is 357 g/mol. The Labute approximate surface area is 150 Å². The lowest BCUT2D eigenvalue weighted by molar-refractivity contribution is -0.385. The van der Waals surface area contributed by atoms with Crippen LogP contribution >= 0.6 is 0 Å². The Hall–Kier alpha value is -3.42. The van der Waals surface area contributed by atoms with Gasteiger partial charge in [0, 0.05) is 37.8 Å². The first-order valence-corrected chi connectivity index (χ1v) is 7.76. The third-order valence-corrected chi connectivity index (χ3v) is 3.83. The van der Waals surface area contributed by atoms with Crippen molar-refractivity contribution < 1.29 is 19.2 Å². The number of hydrogen-bond acceptors (Lipinski definition) is 5. The van der Waals surface area contributed by atoms with E-state index < -0.39 is 4.92 Å². The van der Waals surface area contributed by atoms with E-state index in [4.69, 9.17) is 4.74 Å². The molecule has 0 atom stereocenters. The molecule has 0 bridgehead atoms. The molecule has 0 radical (unpaired) electrons. The van der Waals surface area contributed by atoms with Gasteiger partial charge in [-0.15, -0.1) is 0 Å². The average Bonchev–Trinajstić information content (AvgIpc) is 2.66. The molecule has 26 heavy (non-hydrogen) atoms. The van der Waals surface area contributed by atoms with Gasteiger partial charge in [0.05, 0.1) is 12.0 Å². The van der Waals surface area contributed by atoms with Crippen molar-refractivity contribution in [1.82, 2.24) is 10.2 Å². The van der Waals surface area contributed by atoms with E-state index in [9.17, 15) is 19.7 Å². The molecule has 0 aliphatic rings. The Morgan fingerprint density at radius 3 is 2.31 bits per heavy atom. The molecule has 2 amide bonds. The summed E-state index contributed by atoms with van der Waals surface area (Å²) in [6, 6.07) is 10.9. The fraction of sp³-hybridized carbons (Fsp3) is 0.222. The van der Waals surface area contributed by atoms with E-state index in [1.54, 1.807) is 38.4 Å². The highest BCUT2D eigenvalue weighted by atomic mass is 16.6. The molecule has 8 heteroatoms. The Bertz CT molecular complexity index is 833. The minimum atomic E-state index is -0.590. The van der Waals surface area contributed by atoms with Gasteiger partial charge >= 0.3 is 5.69 Å². The fourth-order valence-electron chi connectivity index (χ4n) is 2.44. The summed E-state index contributed by atoms with van der Waals surface area (Å²) < 4.78 is 4.94. The zero-order valence-corrected chi connectivity index (χ0v) is 14.7. The number of nitrogens with zero attached hydrogens (tertiary/aromatic N) is 2. The van der Waals surface area contributed by atoms with E-state index in [0.717, 1.165) is 5.56 Å². The highest BCUT2D eigenvalue weighted by molar-refractivity contribution is 5.95. The second kappa shape index (κ2) is 8.11. The third-order valence-electron chi connectivity index (χ3n) is 3.83. The Morgan fingerprint density at radius 1 is 1.15 bits per heavy atom. The van der Waals surface area contributed by atoms with Crippen LogP contribution in [0.15, 0.2) is 42.5 Å². The summed E-state index contributed by atoms with van der Waals surface area (Å²) in [7, 11) is 4.49. The minimum absolute atomic E-state index is 0.0963. The first kappa shape index (κ1) is 18.9. The van der Waals surface area contributed by atoms with Crippen molar-refractivity contribution in [2.24, 2.45) is 0 Å². The van der Waals surface area contributed by atoms with Gasteiger partial charge in [-0.25, -0.2) is 0 Å². The van der Waals surface area contributed by atoms with Crippen molar-refractivity contribution >= 4 is 17.5 Å². The predicted octanol–water partition coefficient (Wildman–Crippen LogP) is 2.24. The molecule has 0 heterocycles. The van der Waals surface area contributed by atoms with Crippen molar-refractivity contribution in [3.8, 4) is 5.75 Å². The summed E-state index contributed by atoms with van der Waals surface area (Å²) in [6.45, 7) is 0.298. The number of hydrogen-bond donors (Lipinski definition) is 1. The number of nitro groups is 1. The average molecular weight is 357 g/mol. The highest BCUT2D eigenvalue weighted by Crippen LogP contribution is 2.28. The van der Waals surface area contributed by atoms with Gasteiger partial charge in [0.15, 0.2) is 5.75 Å². The van der Waals surface area contributed by atoms with E-state index in [1.165, 1.54) is 30.2 Å². The van der Waals surface area contributed by atoms with Crippen LogP contribution in [0.5, 0.6) is 5.75 Å². The maximum absolute atomic E-state index is 12.5. The Balaban J connectivity index is 2.15. The standard InChI is InChI=1S/C18H19N3O5/c1-19-17(22)13-6-4-12(5-7-13)11-20(2)18(23)14-8-9-16(26-3)15(10-14)21(24)25/h4-10H,11H2,1-3H3,(H,19,22). The second-order valence-electron chi connectivity index (χ2n) is 5.58. The summed E-state index contributed by atoms with van der Waals surface area (Å²) in [5.41, 5.74) is 1.29. The van der Waals surface area contributed by atoms with Crippen molar-refractivity contribution in [1.29, 1.82) is 0 Å². The molecule has 0 aromatic heterocycles. The summed E-state index contributed by atoms with van der Waals surface area (Å²) in [5.74, 6) is -0.448. The molecule has 8 nitrogen and oxygen atoms in total. The van der Waals surface area contributed by atoms with Gasteiger partial charge in [-0.05, 0) is 29.8 Å². The molecule has 0 saturated carbocycles. The number of amides is 2. The third kappa shape index (κ3) is 4.15. The fourth-order valence-corrected chi connectivity index (χ4v) is 2.44. The molecule has 1 N–H and O–H groups in total. The maximum atomic E-state index is 12.5. The second-order valence-corrected chi connectivity index (χ2v) is 5.58. The first-order chi connectivity index (χ1) is 12.4. The van der Waals surface area contributed by atoms with Gasteiger partial charge in [0.25, 0.3) is 11.8 Å². The molecular weight excluding hydrogens is 338 g/mol. The summed E-state index contributed by atoms with van der Waals surface area (Å²) >= 11 is 0. The quantitative estimate of drug-likeness (QED) is 0.631. The van der Waals surface area contributed by atoms with Crippen LogP contribution in [0.3, 0.4) is 0 Å². The number of benzene rings is 2. The molecule has 2 aromatic rings. The van der Waals surface area contributed by atoms with Gasteiger partial charge in [-0.1, -0.05) is 12.1 Å². The molecule has 2 aromatic carbocycles. The topological polar surface area (TPSA) is 102 Å². The Morgan fingerprint density at radius 2 is 1.77 bits per heavy atom. The summed E-state index contributed by atoms with van der Waals surface area (Å²) in [4.78, 5) is 36.0. The normalized spacial score (nSPS) is 10.1. The predicted molar refractivity (Wildman–Crippen MR) is 95.3 cm³/mol. The zero-order valence-electron chi connectivity index (χ0n) is 14.7. The van der Waals surface area contributed by atoms with Crippen LogP contribution in [0, 0.1) is 10.1 Å². The molecular formula is C18H19N3O5. The summed E-state index contributed by atoms with van der Waals surface area (Å²) in [6.07, 6.45) is 0. The van der Waals surface area contributed by atoms with E-state index in [-0.39, 0.29) is 28.8 Å². The molecule has 0 aliphatic carbocycles. The molecule has 0 fully saturated rings. The van der Waals surface area contributed by atoms with E-state index >= 15 is 0 Å². The number of nitrogens with one attached hydrogen (secondary N) is 1. The number of ether oxygens (including phenoxy) is 1. The van der Waals surface area contributed by atoms with Crippen LogP contribution in [0.25, 0.3) is 0 Å². The summed E-state index contributed by atoms with van der Waals surface area (Å²) in [5, 5.41) is 13.6. The maximum Gasteiger partial charge on any atom is 0.311 e. The smallest absolute Gasteiger partial charge is 0.311 e. The number of carbonyl (C=O) groups is 2. The molecule has 0 unspecified atom stereocenters. The molecule has 0 saturated heterocycles. The van der Waals surface area contributed by atoms with Gasteiger partial charge in [-0.2, -0.15) is 0 Å². The highest BCUT2D eigenvalue weighted by Gasteiger charge is 2.20. The number of nitro benzene ring substituents is 1. The van der Waals surface area contributed by atoms with Crippen LogP contribution in [0.1, 0.15) is 26.3 Å². The van der Waals surface area contributed by atoms with Crippen LogP contribution in [-0.2, 0) is 6.54 Å². The minimum Gasteiger partial charge on any atom is -0.490 e. The van der Waals surface area contributed by atoms with Crippen molar-refractivity contribution in [3.63, 3.8) is 0 Å². The lowest BCUT2D eigenvalue weighted by Gasteiger charge is -2.17. The SMILES string of the molecule is CNC(=O)c1ccc(CN(C)C(=O)c2ccc(OC)c([N+](=O)[O-])c2)cc1. The van der Waals surface area contributed by atoms with Crippen LogP contribution in [0.2, 0.25) is 0 Å². The van der Waals surface area contributed by atoms with Gasteiger partial charge < -0.3 is 15.0 Å². The first-order valence-electron chi connectivity index (χ1n) is 7.76. The number of carbonyl (C=O) groups excluding carboxylic acids is 2. The zero-order chi connectivity index (χ0) is 19.3. The lowest BCUT2D eigenvalue weighted by atomic mass is 10.1. The van der Waals surface area contributed by atoms with Crippen LogP contribution < -0.4 is 10.1 Å². The van der Waals surface area contributed by atoms with E-state index in [2.05, 4.69) is 5.32 Å². The van der Waals surface area contributed by atoms with E-state index in [1.807, 2.05) is 0 Å². The molecule has 0 spiro atoms. The van der Waals surface area contributed by atoms with Crippen molar-refractivity contribution in [2.75, 3.05) is 21.2 Å². The van der Waals surface area contributed by atoms with Gasteiger partial charge in [0.2, 0.25) is 0 Å². The van der Waals surface area contributed by atoms with Crippen LogP contribution in [-0.4, -0.2) is 42.8 Å². The molecule has 136 valence electrons.